The monoisotopic (exact) mass is 485 g/mol. The van der Waals surface area contributed by atoms with Crippen LogP contribution in [-0.4, -0.2) is 18.0 Å². The summed E-state index contributed by atoms with van der Waals surface area (Å²) < 4.78 is 5.28. The van der Waals surface area contributed by atoms with Crippen molar-refractivity contribution in [2.24, 2.45) is 0 Å². The van der Waals surface area contributed by atoms with E-state index in [0.29, 0.717) is 26.1 Å². The zero-order valence-corrected chi connectivity index (χ0v) is 19.8. The number of nitrogens with zero attached hydrogens (tertiary/aromatic N) is 1. The fraction of sp³-hybridized carbons (Fsp3) is 0.0370. The van der Waals surface area contributed by atoms with Crippen LogP contribution in [0.2, 0.25) is 5.02 Å². The first kappa shape index (κ1) is 21.9. The molecule has 3 N–H and O–H groups in total. The number of fused-ring (bicyclic) bond motifs is 1. The number of carbonyl (C=O) groups excluding carboxylic acids is 1. The lowest BCUT2D eigenvalue weighted by Gasteiger charge is -2.10. The van der Waals surface area contributed by atoms with E-state index < -0.39 is 0 Å². The molecule has 34 heavy (non-hydrogen) atoms. The molecular formula is C27H20ClN3O2S. The molecule has 2 aromatic heterocycles. The van der Waals surface area contributed by atoms with Gasteiger partial charge in [-0.1, -0.05) is 41.9 Å². The summed E-state index contributed by atoms with van der Waals surface area (Å²) in [4.78, 5) is 19.1. The summed E-state index contributed by atoms with van der Waals surface area (Å²) in [7, 11) is 1.63. The van der Waals surface area contributed by atoms with E-state index in [4.69, 9.17) is 27.1 Å². The highest BCUT2D eigenvalue weighted by Crippen LogP contribution is 2.42. The maximum Gasteiger partial charge on any atom is 0.267 e. The predicted octanol–water partition coefficient (Wildman–Crippen LogP) is 7.13. The van der Waals surface area contributed by atoms with Crippen LogP contribution in [0.4, 0.5) is 11.4 Å². The lowest BCUT2D eigenvalue weighted by atomic mass is 9.99. The minimum atomic E-state index is -0.264. The Hall–Kier alpha value is -3.87. The van der Waals surface area contributed by atoms with E-state index in [9.17, 15) is 4.79 Å². The van der Waals surface area contributed by atoms with Crippen LogP contribution in [0.1, 0.15) is 9.67 Å². The summed E-state index contributed by atoms with van der Waals surface area (Å²) >= 11 is 7.41. The molecule has 5 aromatic rings. The lowest BCUT2D eigenvalue weighted by molar-refractivity contribution is 0.103. The van der Waals surface area contributed by atoms with Gasteiger partial charge in [-0.3, -0.25) is 4.79 Å². The van der Waals surface area contributed by atoms with E-state index in [1.165, 1.54) is 11.3 Å². The van der Waals surface area contributed by atoms with Crippen molar-refractivity contribution in [3.8, 4) is 28.1 Å². The first-order chi connectivity index (χ1) is 16.5. The number of carbonyl (C=O) groups is 1. The molecule has 0 bridgehead atoms. The number of amides is 1. The number of nitrogens with one attached hydrogen (secondary N) is 1. The van der Waals surface area contributed by atoms with E-state index >= 15 is 0 Å². The number of methoxy groups -OCH3 is 1. The van der Waals surface area contributed by atoms with E-state index in [-0.39, 0.29) is 5.91 Å². The number of nitrogen functional groups attached to an aromatic ring is 1. The fourth-order valence-electron chi connectivity index (χ4n) is 3.77. The van der Waals surface area contributed by atoms with Crippen LogP contribution in [-0.2, 0) is 0 Å². The molecule has 2 heterocycles. The highest BCUT2D eigenvalue weighted by atomic mass is 35.5. The molecule has 0 saturated carbocycles. The van der Waals surface area contributed by atoms with Crippen LogP contribution in [0.15, 0.2) is 84.9 Å². The number of thiophene rings is 1. The Balaban J connectivity index is 1.67. The molecule has 0 aliphatic carbocycles. The van der Waals surface area contributed by atoms with Crippen molar-refractivity contribution in [2.45, 2.75) is 0 Å². The van der Waals surface area contributed by atoms with Gasteiger partial charge in [-0.15, -0.1) is 11.3 Å². The summed E-state index contributed by atoms with van der Waals surface area (Å²) in [6.45, 7) is 0. The number of aromatic nitrogens is 1. The van der Waals surface area contributed by atoms with Gasteiger partial charge >= 0.3 is 0 Å². The Labute approximate surface area is 205 Å². The Bertz CT molecular complexity index is 1480. The molecule has 0 atom stereocenters. The summed E-state index contributed by atoms with van der Waals surface area (Å²) in [5.41, 5.74) is 11.2. The Morgan fingerprint density at radius 1 is 0.971 bits per heavy atom. The van der Waals surface area contributed by atoms with Gasteiger partial charge in [0.25, 0.3) is 5.91 Å². The first-order valence-corrected chi connectivity index (χ1v) is 11.7. The Kier molecular flexibility index (Phi) is 5.92. The zero-order valence-electron chi connectivity index (χ0n) is 18.2. The molecule has 5 nitrogen and oxygen atoms in total. The second-order valence-corrected chi connectivity index (χ2v) is 9.07. The minimum Gasteiger partial charge on any atom is -0.497 e. The van der Waals surface area contributed by atoms with Crippen LogP contribution < -0.4 is 15.8 Å². The maximum absolute atomic E-state index is 13.1. The van der Waals surface area contributed by atoms with Crippen molar-refractivity contribution < 1.29 is 9.53 Å². The van der Waals surface area contributed by atoms with Gasteiger partial charge in [-0.25, -0.2) is 4.98 Å². The van der Waals surface area contributed by atoms with Crippen LogP contribution in [0.3, 0.4) is 0 Å². The van der Waals surface area contributed by atoms with Crippen LogP contribution in [0, 0.1) is 0 Å². The average molecular weight is 486 g/mol. The van der Waals surface area contributed by atoms with Crippen molar-refractivity contribution in [3.05, 3.63) is 94.8 Å². The normalized spacial score (nSPS) is 10.9. The van der Waals surface area contributed by atoms with E-state index in [1.807, 2.05) is 84.9 Å². The second kappa shape index (κ2) is 9.17. The highest BCUT2D eigenvalue weighted by molar-refractivity contribution is 7.21. The Morgan fingerprint density at radius 2 is 1.65 bits per heavy atom. The molecule has 168 valence electrons. The van der Waals surface area contributed by atoms with Crippen molar-refractivity contribution in [3.63, 3.8) is 0 Å². The third kappa shape index (κ3) is 4.21. The number of hydrogen-bond donors (Lipinski definition) is 2. The summed E-state index contributed by atoms with van der Waals surface area (Å²) in [6.07, 6.45) is 0. The molecule has 5 rings (SSSR count). The summed E-state index contributed by atoms with van der Waals surface area (Å²) in [5, 5.41) is 4.31. The third-order valence-electron chi connectivity index (χ3n) is 5.48. The van der Waals surface area contributed by atoms with Gasteiger partial charge in [0.05, 0.1) is 18.5 Å². The number of benzene rings is 3. The van der Waals surface area contributed by atoms with Crippen LogP contribution in [0.25, 0.3) is 32.6 Å². The molecule has 0 unspecified atom stereocenters. The average Bonchev–Trinajstić information content (AvgIpc) is 3.21. The van der Waals surface area contributed by atoms with Gasteiger partial charge in [0, 0.05) is 21.7 Å². The SMILES string of the molecule is COc1ccc(-c2cc(-c3ccc(Cl)cc3)c3c(N)c(C(=O)Nc4ccccc4)sc3n2)cc1. The van der Waals surface area contributed by atoms with Gasteiger partial charge in [0.2, 0.25) is 0 Å². The highest BCUT2D eigenvalue weighted by Gasteiger charge is 2.22. The number of rotatable bonds is 5. The van der Waals surface area contributed by atoms with Crippen LogP contribution >= 0.6 is 22.9 Å². The number of anilines is 2. The molecule has 0 aliphatic heterocycles. The van der Waals surface area contributed by atoms with Gasteiger partial charge in [0.15, 0.2) is 0 Å². The molecule has 0 radical (unpaired) electrons. The van der Waals surface area contributed by atoms with E-state index in [0.717, 1.165) is 33.5 Å². The largest absolute Gasteiger partial charge is 0.497 e. The van der Waals surface area contributed by atoms with Gasteiger partial charge in [0.1, 0.15) is 15.5 Å². The lowest BCUT2D eigenvalue weighted by Crippen LogP contribution is -2.11. The number of nitrogens with two attached hydrogens (primary N) is 1. The Morgan fingerprint density at radius 3 is 2.32 bits per heavy atom. The number of pyridine rings is 1. The molecule has 0 fully saturated rings. The molecule has 0 aliphatic rings. The van der Waals surface area contributed by atoms with Crippen molar-refractivity contribution in [1.82, 2.24) is 4.98 Å². The second-order valence-electron chi connectivity index (χ2n) is 7.64. The molecule has 7 heteroatoms. The van der Waals surface area contributed by atoms with Gasteiger partial charge < -0.3 is 15.8 Å². The summed E-state index contributed by atoms with van der Waals surface area (Å²) in [6, 6.07) is 26.5. The van der Waals surface area contributed by atoms with Crippen molar-refractivity contribution >= 4 is 50.4 Å². The molecule has 3 aromatic carbocycles. The number of para-hydroxylation sites is 1. The van der Waals surface area contributed by atoms with E-state index in [1.54, 1.807) is 7.11 Å². The smallest absolute Gasteiger partial charge is 0.267 e. The molecule has 1 amide bonds. The molecular weight excluding hydrogens is 466 g/mol. The number of ether oxygens (including phenoxy) is 1. The minimum absolute atomic E-state index is 0.264. The third-order valence-corrected chi connectivity index (χ3v) is 6.83. The van der Waals surface area contributed by atoms with Gasteiger partial charge in [-0.05, 0) is 65.7 Å². The zero-order chi connectivity index (χ0) is 23.7. The first-order valence-electron chi connectivity index (χ1n) is 10.5. The predicted molar refractivity (Wildman–Crippen MR) is 141 cm³/mol. The number of halogens is 1. The van der Waals surface area contributed by atoms with Crippen molar-refractivity contribution in [1.29, 1.82) is 0 Å². The van der Waals surface area contributed by atoms with E-state index in [2.05, 4.69) is 5.32 Å². The van der Waals surface area contributed by atoms with Crippen molar-refractivity contribution in [2.75, 3.05) is 18.2 Å². The standard InChI is InChI=1S/C27H20ClN3O2S/c1-33-20-13-9-17(10-14-20)22-15-21(16-7-11-18(28)12-8-16)23-24(29)25(34-27(23)31-22)26(32)30-19-5-3-2-4-6-19/h2-15H,29H2,1H3,(H,30,32). The maximum atomic E-state index is 13.1. The van der Waals surface area contributed by atoms with Gasteiger partial charge in [-0.2, -0.15) is 0 Å². The topological polar surface area (TPSA) is 77.2 Å². The fourth-order valence-corrected chi connectivity index (χ4v) is 4.91. The molecule has 0 spiro atoms. The molecule has 0 saturated heterocycles. The number of hydrogen-bond acceptors (Lipinski definition) is 5. The summed E-state index contributed by atoms with van der Waals surface area (Å²) in [5.74, 6) is 0.503. The quantitative estimate of drug-likeness (QED) is 0.277. The van der Waals surface area contributed by atoms with Crippen LogP contribution in [0.5, 0.6) is 5.75 Å².